The summed E-state index contributed by atoms with van der Waals surface area (Å²) in [5.74, 6) is 1.19. The molecule has 0 N–H and O–H groups in total. The third kappa shape index (κ3) is 2.03. The molecule has 0 aliphatic heterocycles. The molecule has 22 heavy (non-hydrogen) atoms. The van der Waals surface area contributed by atoms with Crippen molar-refractivity contribution in [2.24, 2.45) is 25.9 Å². The molecule has 2 aromatic heterocycles. The van der Waals surface area contributed by atoms with Crippen LogP contribution in [0.1, 0.15) is 25.6 Å². The lowest BCUT2D eigenvalue weighted by atomic mass is 9.73. The SMILES string of the molecule is CC(=O)C1CC(Cn2c(=O)c3c(nc(C)n3C)n(C)c2=O)C1. The Bertz CT molecular complexity index is 881. The lowest BCUT2D eigenvalue weighted by Crippen LogP contribution is -2.43. The largest absolute Gasteiger partial charge is 0.332 e. The highest BCUT2D eigenvalue weighted by Gasteiger charge is 2.33. The van der Waals surface area contributed by atoms with Crippen LogP contribution in [0.15, 0.2) is 9.59 Å². The van der Waals surface area contributed by atoms with Gasteiger partial charge in [0.15, 0.2) is 11.2 Å². The van der Waals surface area contributed by atoms with Gasteiger partial charge in [-0.2, -0.15) is 0 Å². The molecule has 0 atom stereocenters. The molecule has 1 fully saturated rings. The lowest BCUT2D eigenvalue weighted by molar-refractivity contribution is -0.124. The number of aromatic nitrogens is 4. The van der Waals surface area contributed by atoms with E-state index in [4.69, 9.17) is 0 Å². The van der Waals surface area contributed by atoms with Gasteiger partial charge in [0.2, 0.25) is 0 Å². The molecule has 2 aromatic rings. The number of fused-ring (bicyclic) bond motifs is 1. The van der Waals surface area contributed by atoms with E-state index in [0.29, 0.717) is 23.5 Å². The van der Waals surface area contributed by atoms with Gasteiger partial charge in [-0.25, -0.2) is 9.78 Å². The molecule has 0 radical (unpaired) electrons. The van der Waals surface area contributed by atoms with Crippen LogP contribution in [0.25, 0.3) is 11.2 Å². The zero-order valence-electron chi connectivity index (χ0n) is 13.3. The van der Waals surface area contributed by atoms with Crippen LogP contribution < -0.4 is 11.2 Å². The van der Waals surface area contributed by atoms with Gasteiger partial charge in [-0.15, -0.1) is 0 Å². The van der Waals surface area contributed by atoms with Gasteiger partial charge in [-0.3, -0.25) is 18.7 Å². The first-order valence-corrected chi connectivity index (χ1v) is 7.44. The van der Waals surface area contributed by atoms with Gasteiger partial charge in [0.05, 0.1) is 0 Å². The van der Waals surface area contributed by atoms with Crippen LogP contribution >= 0.6 is 0 Å². The zero-order chi connectivity index (χ0) is 16.2. The molecule has 0 aromatic carbocycles. The summed E-state index contributed by atoms with van der Waals surface area (Å²) in [6.45, 7) is 3.77. The smallest absolute Gasteiger partial charge is 0.325 e. The van der Waals surface area contributed by atoms with Crippen molar-refractivity contribution in [2.75, 3.05) is 0 Å². The number of aryl methyl sites for hydroxylation is 3. The molecule has 0 amide bonds. The van der Waals surface area contributed by atoms with Crippen molar-refractivity contribution >= 4 is 16.9 Å². The molecule has 3 rings (SSSR count). The normalized spacial score (nSPS) is 21.1. The average Bonchev–Trinajstić information content (AvgIpc) is 2.70. The lowest BCUT2D eigenvalue weighted by Gasteiger charge is -2.33. The third-order valence-electron chi connectivity index (χ3n) is 4.83. The Labute approximate surface area is 127 Å². The van der Waals surface area contributed by atoms with Gasteiger partial charge in [-0.1, -0.05) is 0 Å². The van der Waals surface area contributed by atoms with Crippen LogP contribution in [0.2, 0.25) is 0 Å². The van der Waals surface area contributed by atoms with E-state index in [9.17, 15) is 14.4 Å². The van der Waals surface area contributed by atoms with Gasteiger partial charge < -0.3 is 4.57 Å². The Morgan fingerprint density at radius 2 is 1.86 bits per heavy atom. The molecule has 1 saturated carbocycles. The summed E-state index contributed by atoms with van der Waals surface area (Å²) < 4.78 is 4.42. The maximum absolute atomic E-state index is 12.6. The Hall–Kier alpha value is -2.18. The molecule has 7 nitrogen and oxygen atoms in total. The molecule has 1 aliphatic rings. The Morgan fingerprint density at radius 3 is 2.45 bits per heavy atom. The summed E-state index contributed by atoms with van der Waals surface area (Å²) in [6.07, 6.45) is 1.51. The molecular weight excluding hydrogens is 284 g/mol. The zero-order valence-corrected chi connectivity index (χ0v) is 13.3. The van der Waals surface area contributed by atoms with E-state index in [-0.39, 0.29) is 28.9 Å². The van der Waals surface area contributed by atoms with Crippen LogP contribution in [-0.4, -0.2) is 24.5 Å². The maximum Gasteiger partial charge on any atom is 0.332 e. The van der Waals surface area contributed by atoms with Gasteiger partial charge in [0.25, 0.3) is 5.56 Å². The number of imidazole rings is 1. The Balaban J connectivity index is 2.04. The predicted molar refractivity (Wildman–Crippen MR) is 81.8 cm³/mol. The monoisotopic (exact) mass is 304 g/mol. The quantitative estimate of drug-likeness (QED) is 0.820. The van der Waals surface area contributed by atoms with Gasteiger partial charge >= 0.3 is 5.69 Å². The molecule has 0 spiro atoms. The van der Waals surface area contributed by atoms with Crippen LogP contribution in [0.5, 0.6) is 0 Å². The predicted octanol–water partition coefficient (Wildman–Crippen LogP) is 0.357. The number of carbonyl (C=O) groups excluding carboxylic acids is 1. The number of carbonyl (C=O) groups is 1. The minimum Gasteiger partial charge on any atom is -0.325 e. The summed E-state index contributed by atoms with van der Waals surface area (Å²) in [5.41, 5.74) is 0.220. The summed E-state index contributed by atoms with van der Waals surface area (Å²) in [5, 5.41) is 0. The fourth-order valence-electron chi connectivity index (χ4n) is 3.19. The van der Waals surface area contributed by atoms with Crippen molar-refractivity contribution in [3.63, 3.8) is 0 Å². The number of hydrogen-bond acceptors (Lipinski definition) is 4. The number of hydrogen-bond donors (Lipinski definition) is 0. The fraction of sp³-hybridized carbons (Fsp3) is 0.600. The number of Topliss-reactive ketones (excluding diaryl/α,β-unsaturated/α-hetero) is 1. The topological polar surface area (TPSA) is 78.9 Å². The van der Waals surface area contributed by atoms with E-state index in [1.54, 1.807) is 32.5 Å². The maximum atomic E-state index is 12.6. The van der Waals surface area contributed by atoms with Gasteiger partial charge in [0, 0.05) is 26.6 Å². The average molecular weight is 304 g/mol. The second kappa shape index (κ2) is 4.93. The molecule has 0 saturated heterocycles. The summed E-state index contributed by atoms with van der Waals surface area (Å²) in [4.78, 5) is 40.7. The van der Waals surface area contributed by atoms with Crippen LogP contribution in [0, 0.1) is 18.8 Å². The minimum absolute atomic E-state index is 0.0900. The number of nitrogens with zero attached hydrogens (tertiary/aromatic N) is 4. The fourth-order valence-corrected chi connectivity index (χ4v) is 3.19. The summed E-state index contributed by atoms with van der Waals surface area (Å²) >= 11 is 0. The Kier molecular flexibility index (Phi) is 3.30. The van der Waals surface area contributed by atoms with E-state index in [2.05, 4.69) is 4.98 Å². The molecule has 118 valence electrons. The first-order valence-electron chi connectivity index (χ1n) is 7.44. The molecule has 0 unspecified atom stereocenters. The van der Waals surface area contributed by atoms with Crippen molar-refractivity contribution in [1.29, 1.82) is 0 Å². The van der Waals surface area contributed by atoms with Crippen molar-refractivity contribution < 1.29 is 4.79 Å². The standard InChI is InChI=1S/C15H20N4O3/c1-8(20)11-5-10(6-11)7-19-14(21)12-13(18(4)15(19)22)16-9(2)17(12)3/h10-11H,5-7H2,1-4H3. The highest BCUT2D eigenvalue weighted by Crippen LogP contribution is 2.34. The minimum atomic E-state index is -0.345. The van der Waals surface area contributed by atoms with Crippen LogP contribution in [0.4, 0.5) is 0 Å². The summed E-state index contributed by atoms with van der Waals surface area (Å²) in [6, 6.07) is 0. The van der Waals surface area contributed by atoms with Crippen molar-refractivity contribution in [2.45, 2.75) is 33.2 Å². The van der Waals surface area contributed by atoms with Gasteiger partial charge in [0.1, 0.15) is 11.6 Å². The first-order chi connectivity index (χ1) is 10.3. The molecule has 7 heteroatoms. The molecule has 0 bridgehead atoms. The molecule has 1 aliphatic carbocycles. The van der Waals surface area contributed by atoms with Crippen molar-refractivity contribution in [1.82, 2.24) is 18.7 Å². The molecule has 2 heterocycles. The number of rotatable bonds is 3. The van der Waals surface area contributed by atoms with Gasteiger partial charge in [-0.05, 0) is 32.6 Å². The van der Waals surface area contributed by atoms with Crippen molar-refractivity contribution in [3.05, 3.63) is 26.7 Å². The third-order valence-corrected chi connectivity index (χ3v) is 4.83. The highest BCUT2D eigenvalue weighted by atomic mass is 16.2. The number of ketones is 1. The Morgan fingerprint density at radius 1 is 1.23 bits per heavy atom. The first kappa shape index (κ1) is 14.7. The van der Waals surface area contributed by atoms with Crippen LogP contribution in [-0.2, 0) is 25.4 Å². The second-order valence-electron chi connectivity index (χ2n) is 6.29. The van der Waals surface area contributed by atoms with Crippen LogP contribution in [0.3, 0.4) is 0 Å². The van der Waals surface area contributed by atoms with E-state index in [1.807, 2.05) is 0 Å². The van der Waals surface area contributed by atoms with E-state index < -0.39 is 0 Å². The highest BCUT2D eigenvalue weighted by molar-refractivity contribution is 5.79. The second-order valence-corrected chi connectivity index (χ2v) is 6.29. The van der Waals surface area contributed by atoms with Crippen molar-refractivity contribution in [3.8, 4) is 0 Å². The summed E-state index contributed by atoms with van der Waals surface area (Å²) in [7, 11) is 3.40. The molecular formula is C15H20N4O3. The van der Waals surface area contributed by atoms with E-state index in [1.165, 1.54) is 9.13 Å². The van der Waals surface area contributed by atoms with E-state index >= 15 is 0 Å². The van der Waals surface area contributed by atoms with E-state index in [0.717, 1.165) is 12.8 Å².